The summed E-state index contributed by atoms with van der Waals surface area (Å²) in [5.74, 6) is -0.531. The fourth-order valence-corrected chi connectivity index (χ4v) is 4.27. The number of nitrogens with zero attached hydrogens (tertiary/aromatic N) is 2. The number of amides is 1. The molecule has 0 radical (unpaired) electrons. The van der Waals surface area contributed by atoms with Crippen molar-refractivity contribution < 1.29 is 14.7 Å². The van der Waals surface area contributed by atoms with Crippen LogP contribution in [-0.4, -0.2) is 38.3 Å². The second-order valence-electron chi connectivity index (χ2n) is 7.41. The van der Waals surface area contributed by atoms with E-state index in [-0.39, 0.29) is 18.7 Å². The Hall–Kier alpha value is -2.77. The van der Waals surface area contributed by atoms with Gasteiger partial charge in [0.2, 0.25) is 5.91 Å². The molecule has 0 aliphatic heterocycles. The van der Waals surface area contributed by atoms with Crippen LogP contribution in [0.5, 0.6) is 0 Å². The quantitative estimate of drug-likeness (QED) is 0.404. The van der Waals surface area contributed by atoms with Crippen molar-refractivity contribution in [3.8, 4) is 0 Å². The maximum atomic E-state index is 12.6. The number of rotatable bonds is 11. The predicted octanol–water partition coefficient (Wildman–Crippen LogP) is 4.44. The van der Waals surface area contributed by atoms with Crippen LogP contribution in [0.15, 0.2) is 66.0 Å². The molecule has 0 saturated heterocycles. The van der Waals surface area contributed by atoms with Gasteiger partial charge in [-0.25, -0.2) is 9.78 Å². The number of halogens is 1. The molecule has 0 unspecified atom stereocenters. The fraction of sp³-hybridized carbons (Fsp3) is 0.292. The molecule has 0 saturated carbocycles. The Labute approximate surface area is 197 Å². The van der Waals surface area contributed by atoms with E-state index in [9.17, 15) is 14.7 Å². The van der Waals surface area contributed by atoms with E-state index in [2.05, 4.69) is 17.2 Å². The average Bonchev–Trinajstić information content (AvgIpc) is 3.14. The molecule has 0 fully saturated rings. The summed E-state index contributed by atoms with van der Waals surface area (Å²) in [5.41, 5.74) is 2.41. The molecule has 8 heteroatoms. The van der Waals surface area contributed by atoms with E-state index in [1.54, 1.807) is 11.8 Å². The number of nitrogens with one attached hydrogen (secondary N) is 1. The van der Waals surface area contributed by atoms with Gasteiger partial charge in [0.1, 0.15) is 6.04 Å². The Morgan fingerprint density at radius 1 is 1.16 bits per heavy atom. The summed E-state index contributed by atoms with van der Waals surface area (Å²) in [6.45, 7) is 2.65. The summed E-state index contributed by atoms with van der Waals surface area (Å²) in [5, 5.41) is 13.7. The molecule has 2 aromatic carbocycles. The summed E-state index contributed by atoms with van der Waals surface area (Å²) in [7, 11) is 0. The maximum absolute atomic E-state index is 12.6. The first-order valence-electron chi connectivity index (χ1n) is 10.4. The van der Waals surface area contributed by atoms with Crippen LogP contribution >= 0.6 is 23.4 Å². The molecule has 3 aromatic rings. The lowest BCUT2D eigenvalue weighted by Gasteiger charge is -2.14. The molecule has 0 bridgehead atoms. The molecule has 3 rings (SSSR count). The van der Waals surface area contributed by atoms with Crippen LogP contribution in [0.4, 0.5) is 0 Å². The number of aliphatic carboxylic acids is 1. The first kappa shape index (κ1) is 23.9. The fourth-order valence-electron chi connectivity index (χ4n) is 3.23. The van der Waals surface area contributed by atoms with Crippen LogP contribution < -0.4 is 5.32 Å². The molecule has 1 heterocycles. The van der Waals surface area contributed by atoms with Crippen molar-refractivity contribution in [3.63, 3.8) is 0 Å². The number of carboxylic acids is 1. The van der Waals surface area contributed by atoms with Crippen LogP contribution in [0.25, 0.3) is 0 Å². The summed E-state index contributed by atoms with van der Waals surface area (Å²) in [4.78, 5) is 28.9. The molecular formula is C24H26ClN3O3S. The highest BCUT2D eigenvalue weighted by Crippen LogP contribution is 2.23. The highest BCUT2D eigenvalue weighted by atomic mass is 35.5. The second-order valence-corrected chi connectivity index (χ2v) is 8.88. The van der Waals surface area contributed by atoms with Gasteiger partial charge in [-0.1, -0.05) is 78.8 Å². The van der Waals surface area contributed by atoms with Crippen molar-refractivity contribution in [2.75, 3.05) is 5.75 Å². The van der Waals surface area contributed by atoms with Crippen LogP contribution in [0.1, 0.15) is 30.2 Å². The zero-order valence-corrected chi connectivity index (χ0v) is 19.4. The third kappa shape index (κ3) is 6.87. The SMILES string of the molecule is CCCSc1nc(CC(=O)N[C@@H](Cc2ccccc2)C(=O)O)cn1Cc1ccccc1Cl. The lowest BCUT2D eigenvalue weighted by molar-refractivity contribution is -0.141. The van der Waals surface area contributed by atoms with Gasteiger partial charge in [-0.15, -0.1) is 0 Å². The molecule has 32 heavy (non-hydrogen) atoms. The molecule has 0 aliphatic rings. The summed E-state index contributed by atoms with van der Waals surface area (Å²) >= 11 is 7.94. The van der Waals surface area contributed by atoms with Crippen LogP contribution in [-0.2, 0) is 29.0 Å². The topological polar surface area (TPSA) is 84.2 Å². The van der Waals surface area contributed by atoms with E-state index in [1.807, 2.05) is 65.4 Å². The van der Waals surface area contributed by atoms with Crippen molar-refractivity contribution in [2.45, 2.75) is 43.9 Å². The van der Waals surface area contributed by atoms with E-state index in [0.717, 1.165) is 28.5 Å². The van der Waals surface area contributed by atoms with Gasteiger partial charge in [0, 0.05) is 23.4 Å². The van der Waals surface area contributed by atoms with Crippen LogP contribution in [0.3, 0.4) is 0 Å². The highest BCUT2D eigenvalue weighted by Gasteiger charge is 2.21. The molecule has 1 amide bonds. The minimum Gasteiger partial charge on any atom is -0.480 e. The largest absolute Gasteiger partial charge is 0.480 e. The van der Waals surface area contributed by atoms with Gasteiger partial charge >= 0.3 is 5.97 Å². The number of imidazole rings is 1. The van der Waals surface area contributed by atoms with Crippen LogP contribution in [0, 0.1) is 0 Å². The number of hydrogen-bond acceptors (Lipinski definition) is 4. The van der Waals surface area contributed by atoms with Crippen LogP contribution in [0.2, 0.25) is 5.02 Å². The Bertz CT molecular complexity index is 1060. The first-order chi connectivity index (χ1) is 15.5. The average molecular weight is 472 g/mol. The maximum Gasteiger partial charge on any atom is 0.326 e. The standard InChI is InChI=1S/C24H26ClN3O3S/c1-2-12-32-24-26-19(16-28(24)15-18-10-6-7-11-20(18)25)14-22(29)27-21(23(30)31)13-17-8-4-3-5-9-17/h3-11,16,21H,2,12-15H2,1H3,(H,27,29)(H,30,31)/t21-/m0/s1. The lowest BCUT2D eigenvalue weighted by atomic mass is 10.1. The normalized spacial score (nSPS) is 11.8. The van der Waals surface area contributed by atoms with E-state index in [4.69, 9.17) is 11.6 Å². The Morgan fingerprint density at radius 3 is 2.56 bits per heavy atom. The third-order valence-electron chi connectivity index (χ3n) is 4.78. The number of carbonyl (C=O) groups is 2. The number of thioether (sulfide) groups is 1. The molecule has 6 nitrogen and oxygen atoms in total. The summed E-state index contributed by atoms with van der Waals surface area (Å²) < 4.78 is 1.99. The first-order valence-corrected chi connectivity index (χ1v) is 11.8. The Kier molecular flexibility index (Phi) is 8.76. The van der Waals surface area contributed by atoms with Crippen molar-refractivity contribution >= 4 is 35.2 Å². The molecule has 0 spiro atoms. The highest BCUT2D eigenvalue weighted by molar-refractivity contribution is 7.99. The number of aromatic nitrogens is 2. The van der Waals surface area contributed by atoms with Gasteiger partial charge in [-0.05, 0) is 23.6 Å². The summed E-state index contributed by atoms with van der Waals surface area (Å²) in [6.07, 6.45) is 3.07. The lowest BCUT2D eigenvalue weighted by Crippen LogP contribution is -2.43. The molecule has 2 N–H and O–H groups in total. The molecule has 1 atom stereocenters. The molecule has 1 aromatic heterocycles. The number of benzene rings is 2. The van der Waals surface area contributed by atoms with E-state index >= 15 is 0 Å². The molecule has 0 aliphatic carbocycles. The summed E-state index contributed by atoms with van der Waals surface area (Å²) in [6, 6.07) is 15.9. The Balaban J connectivity index is 1.71. The second kappa shape index (κ2) is 11.7. The molecular weight excluding hydrogens is 446 g/mol. The third-order valence-corrected chi connectivity index (χ3v) is 6.35. The van der Waals surface area contributed by atoms with E-state index in [0.29, 0.717) is 17.3 Å². The van der Waals surface area contributed by atoms with Gasteiger partial charge in [0.25, 0.3) is 0 Å². The van der Waals surface area contributed by atoms with E-state index < -0.39 is 12.0 Å². The van der Waals surface area contributed by atoms with Gasteiger partial charge in [-0.3, -0.25) is 4.79 Å². The number of carbonyl (C=O) groups excluding carboxylic acids is 1. The smallest absolute Gasteiger partial charge is 0.326 e. The van der Waals surface area contributed by atoms with Gasteiger partial charge < -0.3 is 15.0 Å². The molecule has 168 valence electrons. The van der Waals surface area contributed by atoms with Gasteiger partial charge in [0.15, 0.2) is 5.16 Å². The van der Waals surface area contributed by atoms with Crippen molar-refractivity contribution in [3.05, 3.63) is 82.6 Å². The minimum absolute atomic E-state index is 0.00771. The Morgan fingerprint density at radius 2 is 1.88 bits per heavy atom. The van der Waals surface area contributed by atoms with Crippen molar-refractivity contribution in [1.29, 1.82) is 0 Å². The monoisotopic (exact) mass is 471 g/mol. The van der Waals surface area contributed by atoms with E-state index in [1.165, 1.54) is 0 Å². The predicted molar refractivity (Wildman–Crippen MR) is 127 cm³/mol. The van der Waals surface area contributed by atoms with Crippen molar-refractivity contribution in [2.24, 2.45) is 0 Å². The number of hydrogen-bond donors (Lipinski definition) is 2. The minimum atomic E-state index is -1.06. The zero-order chi connectivity index (χ0) is 22.9. The zero-order valence-electron chi connectivity index (χ0n) is 17.8. The van der Waals surface area contributed by atoms with Gasteiger partial charge in [-0.2, -0.15) is 0 Å². The van der Waals surface area contributed by atoms with Crippen molar-refractivity contribution in [1.82, 2.24) is 14.9 Å². The number of carboxylic acid groups (broad SMARTS) is 1. The van der Waals surface area contributed by atoms with Gasteiger partial charge in [0.05, 0.1) is 18.7 Å².